The van der Waals surface area contributed by atoms with Crippen LogP contribution in [0.4, 0.5) is 18.9 Å². The molecule has 1 aliphatic rings. The zero-order chi connectivity index (χ0) is 21.4. The van der Waals surface area contributed by atoms with Crippen LogP contribution in [0.1, 0.15) is 5.56 Å². The quantitative estimate of drug-likeness (QED) is 0.788. The summed E-state index contributed by atoms with van der Waals surface area (Å²) >= 11 is 0. The van der Waals surface area contributed by atoms with Crippen LogP contribution in [-0.2, 0) is 21.0 Å². The van der Waals surface area contributed by atoms with Crippen molar-refractivity contribution in [1.82, 2.24) is 4.31 Å². The van der Waals surface area contributed by atoms with Crippen LogP contribution in [0.5, 0.6) is 17.2 Å². The van der Waals surface area contributed by atoms with Crippen molar-refractivity contribution in [3.63, 3.8) is 0 Å². The maximum atomic E-state index is 12.6. The van der Waals surface area contributed by atoms with Crippen LogP contribution < -0.4 is 14.8 Å². The van der Waals surface area contributed by atoms with Crippen LogP contribution in [0.3, 0.4) is 0 Å². The maximum Gasteiger partial charge on any atom is 0.416 e. The normalized spacial score (nSPS) is 18.6. The van der Waals surface area contributed by atoms with E-state index < -0.39 is 33.7 Å². The minimum Gasteiger partial charge on any atom is -0.495 e. The van der Waals surface area contributed by atoms with Gasteiger partial charge < -0.3 is 14.8 Å². The number of hydrogen-bond donors (Lipinski definition) is 1. The summed E-state index contributed by atoms with van der Waals surface area (Å²) in [5.74, 6) is -0.102. The Hall–Kier alpha value is -2.79. The average molecular weight is 430 g/mol. The highest BCUT2D eigenvalue weighted by Gasteiger charge is 2.44. The van der Waals surface area contributed by atoms with E-state index in [9.17, 15) is 26.4 Å². The van der Waals surface area contributed by atoms with Gasteiger partial charge in [0.1, 0.15) is 23.3 Å². The van der Waals surface area contributed by atoms with E-state index in [1.165, 1.54) is 44.5 Å². The van der Waals surface area contributed by atoms with Gasteiger partial charge in [-0.3, -0.25) is 4.79 Å². The number of nitrogens with one attached hydrogen (secondary N) is 1. The molecule has 1 aliphatic heterocycles. The zero-order valence-electron chi connectivity index (χ0n) is 15.4. The third-order valence-electron chi connectivity index (χ3n) is 4.39. The SMILES string of the molecule is COc1ccc(Oc2ccc(C(F)(F)F)cc2)cc1NC(=O)C1CS(=O)(=O)N1C. The Kier molecular flexibility index (Phi) is 5.46. The number of likely N-dealkylation sites (N-methyl/N-ethyl adjacent to an activating group) is 1. The number of sulfonamides is 1. The predicted molar refractivity (Wildman–Crippen MR) is 98.5 cm³/mol. The van der Waals surface area contributed by atoms with Gasteiger partial charge in [-0.15, -0.1) is 0 Å². The molecule has 3 rings (SSSR count). The number of ether oxygens (including phenoxy) is 2. The number of halogens is 3. The summed E-state index contributed by atoms with van der Waals surface area (Å²) in [6.07, 6.45) is -4.45. The number of nitrogens with zero attached hydrogens (tertiary/aromatic N) is 1. The third kappa shape index (κ3) is 4.46. The van der Waals surface area contributed by atoms with E-state index in [1.54, 1.807) is 0 Å². The third-order valence-corrected chi connectivity index (χ3v) is 6.26. The van der Waals surface area contributed by atoms with Crippen molar-refractivity contribution >= 4 is 21.6 Å². The molecule has 7 nitrogen and oxygen atoms in total. The Balaban J connectivity index is 1.76. The van der Waals surface area contributed by atoms with Gasteiger partial charge in [-0.25, -0.2) is 8.42 Å². The second-order valence-electron chi connectivity index (χ2n) is 6.29. The van der Waals surface area contributed by atoms with Gasteiger partial charge in [0.2, 0.25) is 15.9 Å². The first kappa shape index (κ1) is 20.9. The van der Waals surface area contributed by atoms with Gasteiger partial charge in [0.05, 0.1) is 24.1 Å². The van der Waals surface area contributed by atoms with Crippen molar-refractivity contribution in [3.8, 4) is 17.2 Å². The molecule has 2 aromatic carbocycles. The number of amides is 1. The standard InChI is InChI=1S/C18H17F3N2O5S/c1-23-15(10-29(23,25)26)17(24)22-14-9-13(7-8-16(14)27-2)28-12-5-3-11(4-6-12)18(19,20)21/h3-9,15H,10H2,1-2H3,(H,22,24). The highest BCUT2D eigenvalue weighted by Crippen LogP contribution is 2.34. The van der Waals surface area contributed by atoms with E-state index in [1.807, 2.05) is 0 Å². The summed E-state index contributed by atoms with van der Waals surface area (Å²) in [4.78, 5) is 12.3. The van der Waals surface area contributed by atoms with Gasteiger partial charge in [0, 0.05) is 13.1 Å². The molecule has 0 radical (unpaired) electrons. The lowest BCUT2D eigenvalue weighted by atomic mass is 10.2. The molecule has 2 aromatic rings. The molecular weight excluding hydrogens is 413 g/mol. The molecule has 1 saturated heterocycles. The summed E-state index contributed by atoms with van der Waals surface area (Å²) in [7, 11) is -0.689. The molecular formula is C18H17F3N2O5S. The zero-order valence-corrected chi connectivity index (χ0v) is 16.2. The van der Waals surface area contributed by atoms with Crippen molar-refractivity contribution in [2.45, 2.75) is 12.2 Å². The average Bonchev–Trinajstić information content (AvgIpc) is 2.66. The molecule has 0 saturated carbocycles. The van der Waals surface area contributed by atoms with E-state index in [0.717, 1.165) is 16.4 Å². The summed E-state index contributed by atoms with van der Waals surface area (Å²) in [6.45, 7) is 0. The molecule has 1 fully saturated rings. The van der Waals surface area contributed by atoms with Gasteiger partial charge in [0.25, 0.3) is 0 Å². The number of rotatable bonds is 5. The van der Waals surface area contributed by atoms with Gasteiger partial charge >= 0.3 is 6.18 Å². The Bertz CT molecular complexity index is 1020. The topological polar surface area (TPSA) is 84.9 Å². The van der Waals surface area contributed by atoms with Gasteiger partial charge in [-0.05, 0) is 36.4 Å². The van der Waals surface area contributed by atoms with Crippen LogP contribution in [0.15, 0.2) is 42.5 Å². The van der Waals surface area contributed by atoms with Crippen LogP contribution in [0, 0.1) is 0 Å². The molecule has 156 valence electrons. The summed E-state index contributed by atoms with van der Waals surface area (Å²) in [5.41, 5.74) is -0.563. The van der Waals surface area contributed by atoms with Crippen LogP contribution in [0.2, 0.25) is 0 Å². The van der Waals surface area contributed by atoms with Crippen molar-refractivity contribution in [2.24, 2.45) is 0 Å². The summed E-state index contributed by atoms with van der Waals surface area (Å²) in [6, 6.07) is 7.79. The van der Waals surface area contributed by atoms with E-state index in [-0.39, 0.29) is 22.9 Å². The Morgan fingerprint density at radius 3 is 2.28 bits per heavy atom. The van der Waals surface area contributed by atoms with Gasteiger partial charge in [-0.1, -0.05) is 0 Å². The Morgan fingerprint density at radius 1 is 1.14 bits per heavy atom. The first-order chi connectivity index (χ1) is 13.5. The summed E-state index contributed by atoms with van der Waals surface area (Å²) in [5, 5.41) is 2.59. The van der Waals surface area contributed by atoms with E-state index in [4.69, 9.17) is 9.47 Å². The second-order valence-corrected chi connectivity index (χ2v) is 8.36. The maximum absolute atomic E-state index is 12.6. The smallest absolute Gasteiger partial charge is 0.416 e. The molecule has 0 spiro atoms. The van der Waals surface area contributed by atoms with Crippen LogP contribution >= 0.6 is 0 Å². The fourth-order valence-corrected chi connectivity index (χ4v) is 3.99. The predicted octanol–water partition coefficient (Wildman–Crippen LogP) is 3.09. The van der Waals surface area contributed by atoms with Gasteiger partial charge in [-0.2, -0.15) is 17.5 Å². The molecule has 1 heterocycles. The van der Waals surface area contributed by atoms with E-state index in [2.05, 4.69) is 5.32 Å². The number of alkyl halides is 3. The Labute approximate surface area is 165 Å². The highest BCUT2D eigenvalue weighted by molar-refractivity contribution is 7.90. The van der Waals surface area contributed by atoms with Gasteiger partial charge in [0.15, 0.2) is 0 Å². The minimum absolute atomic E-state index is 0.172. The molecule has 1 unspecified atom stereocenters. The first-order valence-corrected chi connectivity index (χ1v) is 9.92. The number of benzene rings is 2. The number of carbonyl (C=O) groups is 1. The highest BCUT2D eigenvalue weighted by atomic mass is 32.2. The van der Waals surface area contributed by atoms with E-state index in [0.29, 0.717) is 5.75 Å². The molecule has 0 bridgehead atoms. The lowest BCUT2D eigenvalue weighted by Gasteiger charge is -2.35. The largest absolute Gasteiger partial charge is 0.495 e. The molecule has 0 aromatic heterocycles. The lowest BCUT2D eigenvalue weighted by Crippen LogP contribution is -2.59. The fraction of sp³-hybridized carbons (Fsp3) is 0.278. The molecule has 11 heteroatoms. The van der Waals surface area contributed by atoms with E-state index >= 15 is 0 Å². The van der Waals surface area contributed by atoms with Crippen molar-refractivity contribution in [3.05, 3.63) is 48.0 Å². The van der Waals surface area contributed by atoms with Crippen molar-refractivity contribution in [1.29, 1.82) is 0 Å². The number of anilines is 1. The minimum atomic E-state index is -4.45. The van der Waals surface area contributed by atoms with Crippen LogP contribution in [-0.4, -0.2) is 44.6 Å². The number of hydrogen-bond acceptors (Lipinski definition) is 5. The molecule has 1 N–H and O–H groups in total. The fourth-order valence-electron chi connectivity index (χ4n) is 2.68. The number of methoxy groups -OCH3 is 1. The van der Waals surface area contributed by atoms with Crippen LogP contribution in [0.25, 0.3) is 0 Å². The van der Waals surface area contributed by atoms with Crippen molar-refractivity contribution in [2.75, 3.05) is 25.2 Å². The molecule has 1 atom stereocenters. The first-order valence-electron chi connectivity index (χ1n) is 8.31. The monoisotopic (exact) mass is 430 g/mol. The van der Waals surface area contributed by atoms with Crippen molar-refractivity contribution < 1.29 is 35.9 Å². The Morgan fingerprint density at radius 2 is 1.76 bits per heavy atom. The number of carbonyl (C=O) groups excluding carboxylic acids is 1. The second kappa shape index (κ2) is 7.56. The molecule has 29 heavy (non-hydrogen) atoms. The summed E-state index contributed by atoms with van der Waals surface area (Å²) < 4.78 is 72.6. The molecule has 0 aliphatic carbocycles. The molecule has 1 amide bonds. The lowest BCUT2D eigenvalue weighted by molar-refractivity contribution is -0.137.